The van der Waals surface area contributed by atoms with Crippen molar-refractivity contribution in [2.75, 3.05) is 7.05 Å². The Morgan fingerprint density at radius 2 is 1.13 bits per heavy atom. The zero-order valence-corrected chi connectivity index (χ0v) is 12.0. The van der Waals surface area contributed by atoms with Crippen LogP contribution in [0.15, 0.2) is 48.5 Å². The fourth-order valence-electron chi connectivity index (χ4n) is 2.31. The van der Waals surface area contributed by atoms with Crippen LogP contribution in [-0.4, -0.2) is 7.05 Å². The van der Waals surface area contributed by atoms with Gasteiger partial charge in [-0.2, -0.15) is 26.3 Å². The fourth-order valence-corrected chi connectivity index (χ4v) is 2.31. The maximum absolute atomic E-state index is 12.8. The van der Waals surface area contributed by atoms with Crippen LogP contribution in [0.4, 0.5) is 26.3 Å². The second-order valence-electron chi connectivity index (χ2n) is 4.97. The van der Waals surface area contributed by atoms with E-state index in [0.29, 0.717) is 0 Å². The lowest BCUT2D eigenvalue weighted by atomic mass is 9.95. The van der Waals surface area contributed by atoms with Gasteiger partial charge in [-0.25, -0.2) is 0 Å². The molecule has 2 aromatic carbocycles. The molecule has 0 aliphatic heterocycles. The van der Waals surface area contributed by atoms with Gasteiger partial charge >= 0.3 is 12.4 Å². The van der Waals surface area contributed by atoms with Crippen molar-refractivity contribution in [3.05, 3.63) is 70.8 Å². The van der Waals surface area contributed by atoms with Crippen LogP contribution in [0.5, 0.6) is 0 Å². The average molecular weight is 333 g/mol. The lowest BCUT2D eigenvalue weighted by Crippen LogP contribution is -2.19. The van der Waals surface area contributed by atoms with E-state index in [1.807, 2.05) is 0 Å². The number of halogens is 6. The van der Waals surface area contributed by atoms with Gasteiger partial charge in [0.2, 0.25) is 0 Å². The minimum atomic E-state index is -4.51. The topological polar surface area (TPSA) is 12.0 Å². The molecule has 0 aliphatic rings. The van der Waals surface area contributed by atoms with Crippen molar-refractivity contribution in [1.29, 1.82) is 0 Å². The number of rotatable bonds is 3. The van der Waals surface area contributed by atoms with Crippen molar-refractivity contribution >= 4 is 0 Å². The van der Waals surface area contributed by atoms with Crippen LogP contribution in [0.1, 0.15) is 28.3 Å². The summed E-state index contributed by atoms with van der Waals surface area (Å²) in [6.45, 7) is 0. The largest absolute Gasteiger partial charge is 0.416 e. The number of nitrogens with one attached hydrogen (secondary N) is 1. The number of hydrogen-bond acceptors (Lipinski definition) is 1. The minimum Gasteiger partial charge on any atom is -0.309 e. The molecule has 0 unspecified atom stereocenters. The van der Waals surface area contributed by atoms with Crippen LogP contribution in [0.3, 0.4) is 0 Å². The molecule has 0 aromatic heterocycles. The summed E-state index contributed by atoms with van der Waals surface area (Å²) >= 11 is 0. The van der Waals surface area contributed by atoms with E-state index in [-0.39, 0.29) is 11.1 Å². The predicted molar refractivity (Wildman–Crippen MR) is 73.8 cm³/mol. The van der Waals surface area contributed by atoms with Crippen LogP contribution in [-0.2, 0) is 12.4 Å². The Morgan fingerprint density at radius 3 is 1.43 bits per heavy atom. The van der Waals surface area contributed by atoms with Gasteiger partial charge in [0.1, 0.15) is 0 Å². The third-order valence-corrected chi connectivity index (χ3v) is 3.38. The van der Waals surface area contributed by atoms with E-state index in [9.17, 15) is 26.3 Å². The highest BCUT2D eigenvalue weighted by molar-refractivity contribution is 5.37. The van der Waals surface area contributed by atoms with E-state index >= 15 is 0 Å². The molecule has 0 amide bonds. The lowest BCUT2D eigenvalue weighted by Gasteiger charge is -2.20. The van der Waals surface area contributed by atoms with Crippen LogP contribution < -0.4 is 5.32 Å². The Bertz CT molecular complexity index is 617. The highest BCUT2D eigenvalue weighted by atomic mass is 19.4. The second-order valence-corrected chi connectivity index (χ2v) is 4.97. The number of hydrogen-bond donors (Lipinski definition) is 1. The molecule has 0 spiro atoms. The normalized spacial score (nSPS) is 12.7. The molecule has 2 rings (SSSR count). The van der Waals surface area contributed by atoms with Gasteiger partial charge in [0.05, 0.1) is 17.2 Å². The Hall–Kier alpha value is -2.02. The van der Waals surface area contributed by atoms with E-state index in [2.05, 4.69) is 5.32 Å². The quantitative estimate of drug-likeness (QED) is 0.777. The van der Waals surface area contributed by atoms with Crippen LogP contribution >= 0.6 is 0 Å². The number of alkyl halides is 6. The summed E-state index contributed by atoms with van der Waals surface area (Å²) in [5.41, 5.74) is -1.22. The van der Waals surface area contributed by atoms with Gasteiger partial charge in [0.15, 0.2) is 0 Å². The molecule has 0 radical (unpaired) electrons. The number of benzene rings is 2. The third-order valence-electron chi connectivity index (χ3n) is 3.38. The van der Waals surface area contributed by atoms with E-state index < -0.39 is 29.5 Å². The molecule has 0 aliphatic carbocycles. The first-order chi connectivity index (χ1) is 10.6. The Balaban J connectivity index is 2.45. The van der Waals surface area contributed by atoms with E-state index in [1.165, 1.54) is 31.3 Å². The van der Waals surface area contributed by atoms with E-state index in [4.69, 9.17) is 0 Å². The lowest BCUT2D eigenvalue weighted by molar-refractivity contribution is -0.138. The van der Waals surface area contributed by atoms with Crippen molar-refractivity contribution in [1.82, 2.24) is 5.32 Å². The molecule has 0 saturated carbocycles. The molecule has 0 bridgehead atoms. The summed E-state index contributed by atoms with van der Waals surface area (Å²) in [6.07, 6.45) is -9.02. The van der Waals surface area contributed by atoms with Gasteiger partial charge in [0, 0.05) is 0 Å². The van der Waals surface area contributed by atoms with Gasteiger partial charge in [-0.3, -0.25) is 0 Å². The predicted octanol–water partition coefficient (Wildman–Crippen LogP) is 5.03. The third kappa shape index (κ3) is 4.04. The highest BCUT2D eigenvalue weighted by Crippen LogP contribution is 2.34. The Kier molecular flexibility index (Phi) is 4.70. The summed E-state index contributed by atoms with van der Waals surface area (Å²) < 4.78 is 76.7. The van der Waals surface area contributed by atoms with Gasteiger partial charge < -0.3 is 5.32 Å². The maximum atomic E-state index is 12.8. The second kappa shape index (κ2) is 6.23. The molecule has 23 heavy (non-hydrogen) atoms. The maximum Gasteiger partial charge on any atom is 0.416 e. The van der Waals surface area contributed by atoms with Crippen molar-refractivity contribution in [2.45, 2.75) is 18.4 Å². The molecule has 1 nitrogen and oxygen atoms in total. The van der Waals surface area contributed by atoms with E-state index in [1.54, 1.807) is 0 Å². The Morgan fingerprint density at radius 1 is 0.739 bits per heavy atom. The molecule has 0 fully saturated rings. The first kappa shape index (κ1) is 17.3. The van der Waals surface area contributed by atoms with Crippen LogP contribution in [0, 0.1) is 0 Å². The minimum absolute atomic E-state index is 0.238. The molecular formula is C16H13F6N. The van der Waals surface area contributed by atoms with Crippen molar-refractivity contribution < 1.29 is 26.3 Å². The van der Waals surface area contributed by atoms with Gasteiger partial charge in [0.25, 0.3) is 0 Å². The highest BCUT2D eigenvalue weighted by Gasteiger charge is 2.32. The van der Waals surface area contributed by atoms with Crippen molar-refractivity contribution in [2.24, 2.45) is 0 Å². The van der Waals surface area contributed by atoms with Crippen molar-refractivity contribution in [3.63, 3.8) is 0 Å². The molecule has 0 heterocycles. The summed E-state index contributed by atoms with van der Waals surface area (Å²) in [5.74, 6) is 0. The monoisotopic (exact) mass is 333 g/mol. The first-order valence-corrected chi connectivity index (χ1v) is 6.64. The van der Waals surface area contributed by atoms with Crippen LogP contribution in [0.25, 0.3) is 0 Å². The van der Waals surface area contributed by atoms with Crippen molar-refractivity contribution in [3.8, 4) is 0 Å². The summed E-state index contributed by atoms with van der Waals surface area (Å²) in [6, 6.07) is 8.27. The van der Waals surface area contributed by atoms with Gasteiger partial charge in [-0.1, -0.05) is 24.3 Å². The zero-order valence-electron chi connectivity index (χ0n) is 12.0. The molecule has 2 aromatic rings. The first-order valence-electron chi connectivity index (χ1n) is 6.64. The molecule has 0 atom stereocenters. The van der Waals surface area contributed by atoms with Gasteiger partial charge in [-0.15, -0.1) is 0 Å². The summed E-state index contributed by atoms with van der Waals surface area (Å²) in [5, 5.41) is 2.76. The molecule has 124 valence electrons. The summed E-state index contributed by atoms with van der Waals surface area (Å²) in [4.78, 5) is 0. The zero-order chi connectivity index (χ0) is 17.3. The SMILES string of the molecule is CNC(c1cccc(C(F)(F)F)c1)c1cccc(C(F)(F)F)c1. The smallest absolute Gasteiger partial charge is 0.309 e. The van der Waals surface area contributed by atoms with Gasteiger partial charge in [-0.05, 0) is 42.4 Å². The molecule has 1 N–H and O–H groups in total. The standard InChI is InChI=1S/C16H13F6N/c1-23-14(10-4-2-6-12(8-10)15(17,18)19)11-5-3-7-13(9-11)16(20,21)22/h2-9,14,23H,1H3. The average Bonchev–Trinajstić information content (AvgIpc) is 2.47. The van der Waals surface area contributed by atoms with E-state index in [0.717, 1.165) is 24.3 Å². The fraction of sp³-hybridized carbons (Fsp3) is 0.250. The Labute approximate surface area is 128 Å². The van der Waals surface area contributed by atoms with Crippen LogP contribution in [0.2, 0.25) is 0 Å². The molecular weight excluding hydrogens is 320 g/mol. The summed E-state index contributed by atoms with van der Waals surface area (Å²) in [7, 11) is 1.48. The molecule has 0 saturated heterocycles. The molecule has 7 heteroatoms.